The quantitative estimate of drug-likeness (QED) is 0.625. The third-order valence-corrected chi connectivity index (χ3v) is 4.24. The van der Waals surface area contributed by atoms with E-state index in [1.54, 1.807) is 0 Å². The Kier molecular flexibility index (Phi) is 5.24. The first kappa shape index (κ1) is 17.5. The van der Waals surface area contributed by atoms with Gasteiger partial charge < -0.3 is 10.4 Å². The number of phenols is 1. The second-order valence-corrected chi connectivity index (χ2v) is 5.64. The number of nitrogens with zero attached hydrogens (tertiary/aromatic N) is 3. The van der Waals surface area contributed by atoms with E-state index in [9.17, 15) is 30.3 Å². The number of rotatable bonds is 3. The van der Waals surface area contributed by atoms with Gasteiger partial charge in [-0.25, -0.2) is 0 Å². The van der Waals surface area contributed by atoms with Crippen molar-refractivity contribution in [3.63, 3.8) is 0 Å². The Bertz CT molecular complexity index is 623. The fraction of sp³-hybridized carbons (Fsp3) is 0.538. The Hall–Kier alpha value is -2.82. The van der Waals surface area contributed by atoms with E-state index in [4.69, 9.17) is 5.11 Å². The summed E-state index contributed by atoms with van der Waals surface area (Å²) in [7, 11) is 0. The fourth-order valence-electron chi connectivity index (χ4n) is 3.08. The molecule has 11 heteroatoms. The molecule has 0 amide bonds. The Morgan fingerprint density at radius 3 is 2.00 bits per heavy atom. The molecule has 24 heavy (non-hydrogen) atoms. The summed E-state index contributed by atoms with van der Waals surface area (Å²) in [6, 6.07) is 1.82. The number of nitro benzene ring substituents is 3. The molecule has 1 aromatic carbocycles. The van der Waals surface area contributed by atoms with Crippen LogP contribution in [0.2, 0.25) is 0 Å². The Morgan fingerprint density at radius 1 is 0.958 bits per heavy atom. The van der Waals surface area contributed by atoms with Gasteiger partial charge >= 0.3 is 11.4 Å². The number of aromatic hydroxyl groups is 1. The van der Waals surface area contributed by atoms with Crippen molar-refractivity contribution in [1.82, 2.24) is 5.32 Å². The minimum atomic E-state index is -1.21. The fourth-order valence-corrected chi connectivity index (χ4v) is 3.08. The van der Waals surface area contributed by atoms with Crippen LogP contribution in [0.3, 0.4) is 0 Å². The smallest absolute Gasteiger partial charge is 0.324 e. The van der Waals surface area contributed by atoms with Crippen molar-refractivity contribution >= 4 is 17.1 Å². The molecule has 0 bridgehead atoms. The van der Waals surface area contributed by atoms with E-state index in [-0.39, 0.29) is 0 Å². The zero-order valence-electron chi connectivity index (χ0n) is 12.6. The van der Waals surface area contributed by atoms with E-state index in [1.807, 2.05) is 0 Å². The molecular formula is C13H16N4O7. The Balaban J connectivity index is 0.000000214. The number of benzene rings is 1. The van der Waals surface area contributed by atoms with Crippen molar-refractivity contribution in [2.45, 2.75) is 31.7 Å². The maximum absolute atomic E-state index is 10.4. The zero-order valence-corrected chi connectivity index (χ0v) is 12.6. The lowest BCUT2D eigenvalue weighted by atomic mass is 10.1. The topological polar surface area (TPSA) is 162 Å². The zero-order chi connectivity index (χ0) is 17.9. The van der Waals surface area contributed by atoms with Crippen LogP contribution in [-0.2, 0) is 0 Å². The van der Waals surface area contributed by atoms with Crippen LogP contribution >= 0.6 is 0 Å². The number of hydrogen-bond donors (Lipinski definition) is 2. The van der Waals surface area contributed by atoms with Crippen LogP contribution in [-0.4, -0.2) is 32.5 Å². The predicted molar refractivity (Wildman–Crippen MR) is 81.8 cm³/mol. The maximum Gasteiger partial charge on any atom is 0.324 e. The van der Waals surface area contributed by atoms with Crippen LogP contribution in [0.5, 0.6) is 5.75 Å². The third-order valence-electron chi connectivity index (χ3n) is 4.24. The molecule has 0 radical (unpaired) electrons. The number of hydrogen-bond acceptors (Lipinski definition) is 8. The first-order valence-corrected chi connectivity index (χ1v) is 7.34. The first-order valence-electron chi connectivity index (χ1n) is 7.34. The van der Waals surface area contributed by atoms with Crippen LogP contribution < -0.4 is 5.32 Å². The summed E-state index contributed by atoms with van der Waals surface area (Å²) in [5.74, 6) is -0.143. The number of nitrogens with one attached hydrogen (secondary N) is 1. The summed E-state index contributed by atoms with van der Waals surface area (Å²) in [5, 5.41) is 43.7. The third kappa shape index (κ3) is 3.74. The van der Waals surface area contributed by atoms with Gasteiger partial charge in [0.25, 0.3) is 11.4 Å². The van der Waals surface area contributed by atoms with Crippen LogP contribution in [0.4, 0.5) is 17.1 Å². The van der Waals surface area contributed by atoms with Crippen LogP contribution in [0.15, 0.2) is 12.1 Å². The molecule has 2 aliphatic rings. The van der Waals surface area contributed by atoms with Crippen LogP contribution in [0.1, 0.15) is 25.7 Å². The molecule has 2 fully saturated rings. The highest BCUT2D eigenvalue weighted by molar-refractivity contribution is 5.64. The van der Waals surface area contributed by atoms with Gasteiger partial charge in [-0.05, 0) is 31.7 Å². The largest absolute Gasteiger partial charge is 0.497 e. The summed E-state index contributed by atoms with van der Waals surface area (Å²) in [6.45, 7) is 1.29. The standard InChI is InChI=1S/C7H13N.C6H3N3O7/c1-2-6-4-5-8-7(6)3-1;10-6-4(8(13)14)1-3(7(11)12)2-5(6)9(15)16/h6-8H,1-5H2;1-2,10H/t6-,7+;/m1./s1. The van der Waals surface area contributed by atoms with Crippen LogP contribution in [0.25, 0.3) is 0 Å². The minimum Gasteiger partial charge on any atom is -0.497 e. The average molecular weight is 340 g/mol. The van der Waals surface area contributed by atoms with E-state index in [0.29, 0.717) is 12.1 Å². The average Bonchev–Trinajstić information content (AvgIpc) is 3.10. The number of non-ortho nitro benzene ring substituents is 1. The Morgan fingerprint density at radius 2 is 1.54 bits per heavy atom. The van der Waals surface area contributed by atoms with Gasteiger partial charge in [0, 0.05) is 6.04 Å². The first-order chi connectivity index (χ1) is 11.3. The molecule has 0 spiro atoms. The second kappa shape index (κ2) is 7.17. The highest BCUT2D eigenvalue weighted by atomic mass is 16.6. The summed E-state index contributed by atoms with van der Waals surface area (Å²) < 4.78 is 0. The molecule has 1 saturated carbocycles. The van der Waals surface area contributed by atoms with Crippen molar-refractivity contribution in [3.05, 3.63) is 42.5 Å². The van der Waals surface area contributed by atoms with E-state index < -0.39 is 37.6 Å². The van der Waals surface area contributed by atoms with Gasteiger partial charge in [0.15, 0.2) is 0 Å². The van der Waals surface area contributed by atoms with Gasteiger partial charge in [0.2, 0.25) is 0 Å². The number of fused-ring (bicyclic) bond motifs is 1. The monoisotopic (exact) mass is 340 g/mol. The highest BCUT2D eigenvalue weighted by Gasteiger charge is 2.31. The maximum atomic E-state index is 10.4. The Labute approximate surface area is 135 Å². The summed E-state index contributed by atoms with van der Waals surface area (Å²) in [4.78, 5) is 27.8. The molecule has 130 valence electrons. The molecule has 1 heterocycles. The molecular weight excluding hydrogens is 324 g/mol. The molecule has 0 aromatic heterocycles. The molecule has 0 unspecified atom stereocenters. The van der Waals surface area contributed by atoms with E-state index in [1.165, 1.54) is 32.2 Å². The molecule has 1 aliphatic carbocycles. The molecule has 1 aliphatic heterocycles. The molecule has 1 aromatic rings. The van der Waals surface area contributed by atoms with E-state index in [2.05, 4.69) is 5.32 Å². The SMILES string of the molecule is C1C[C@@H]2CCN[C@H]2C1.O=[N+]([O-])c1cc([N+](=O)[O-])c(O)c([N+](=O)[O-])c1. The molecule has 2 N–H and O–H groups in total. The number of phenolic OH excluding ortho intramolecular Hbond substituents is 1. The second-order valence-electron chi connectivity index (χ2n) is 5.64. The molecule has 11 nitrogen and oxygen atoms in total. The minimum absolute atomic E-state index is 0.447. The lowest BCUT2D eigenvalue weighted by Crippen LogP contribution is -2.21. The normalized spacial score (nSPS) is 21.5. The van der Waals surface area contributed by atoms with E-state index >= 15 is 0 Å². The molecule has 1 saturated heterocycles. The summed E-state index contributed by atoms with van der Waals surface area (Å²) in [6.07, 6.45) is 5.87. The molecule has 2 atom stereocenters. The van der Waals surface area contributed by atoms with Gasteiger partial charge in [-0.1, -0.05) is 6.42 Å². The van der Waals surface area contributed by atoms with Crippen LogP contribution in [0, 0.1) is 36.3 Å². The van der Waals surface area contributed by atoms with Crippen molar-refractivity contribution in [2.75, 3.05) is 6.54 Å². The van der Waals surface area contributed by atoms with Crippen molar-refractivity contribution in [3.8, 4) is 5.75 Å². The summed E-state index contributed by atoms with van der Waals surface area (Å²) in [5.41, 5.74) is -3.00. The number of nitro groups is 3. The van der Waals surface area contributed by atoms with Crippen molar-refractivity contribution < 1.29 is 19.9 Å². The predicted octanol–water partition coefficient (Wildman–Crippen LogP) is 2.27. The summed E-state index contributed by atoms with van der Waals surface area (Å²) >= 11 is 0. The van der Waals surface area contributed by atoms with Gasteiger partial charge in [-0.3, -0.25) is 30.3 Å². The molecule has 3 rings (SSSR count). The van der Waals surface area contributed by atoms with Gasteiger partial charge in [-0.2, -0.15) is 0 Å². The highest BCUT2D eigenvalue weighted by Crippen LogP contribution is 2.39. The lowest BCUT2D eigenvalue weighted by Gasteiger charge is -2.05. The lowest BCUT2D eigenvalue weighted by molar-refractivity contribution is -0.404. The van der Waals surface area contributed by atoms with Gasteiger partial charge in [0.05, 0.1) is 26.9 Å². The van der Waals surface area contributed by atoms with Gasteiger partial charge in [0.1, 0.15) is 0 Å². The van der Waals surface area contributed by atoms with Gasteiger partial charge in [-0.15, -0.1) is 0 Å². The van der Waals surface area contributed by atoms with Crippen molar-refractivity contribution in [2.24, 2.45) is 5.92 Å². The van der Waals surface area contributed by atoms with Crippen molar-refractivity contribution in [1.29, 1.82) is 0 Å². The van der Waals surface area contributed by atoms with E-state index in [0.717, 1.165) is 12.0 Å².